The van der Waals surface area contributed by atoms with Crippen LogP contribution in [0.5, 0.6) is 0 Å². The van der Waals surface area contributed by atoms with Crippen molar-refractivity contribution in [2.24, 2.45) is 5.41 Å². The number of hydrogen-bond donors (Lipinski definition) is 0. The van der Waals surface area contributed by atoms with Crippen LogP contribution in [0.1, 0.15) is 60.3 Å². The number of hydrogen-bond acceptors (Lipinski definition) is 6. The Kier molecular flexibility index (Phi) is 6.38. The fraction of sp³-hybridized carbons (Fsp3) is 0.826. The number of allylic oxidation sites excluding steroid dienone is 3. The molecule has 2 saturated heterocycles. The normalized spacial score (nSPS) is 35.7. The molecule has 0 saturated carbocycles. The molecule has 1 aliphatic carbocycles. The summed E-state index contributed by atoms with van der Waals surface area (Å²) in [6.07, 6.45) is 8.64. The number of rotatable bonds is 9. The summed E-state index contributed by atoms with van der Waals surface area (Å²) in [5.41, 5.74) is 3.31. The minimum Gasteiger partial charge on any atom is -0.370 e. The summed E-state index contributed by atoms with van der Waals surface area (Å²) in [5.74, 6) is 0. The summed E-state index contributed by atoms with van der Waals surface area (Å²) in [4.78, 5) is 5.17. The van der Waals surface area contributed by atoms with Gasteiger partial charge in [-0.15, -0.1) is 0 Å². The second-order valence-corrected chi connectivity index (χ2v) is 9.35. The highest BCUT2D eigenvalue weighted by Crippen LogP contribution is 2.47. The molecular formula is C23H38N2O4. The molecule has 0 radical (unpaired) electrons. The molecule has 1 unspecified atom stereocenters. The second-order valence-electron chi connectivity index (χ2n) is 9.35. The van der Waals surface area contributed by atoms with Crippen LogP contribution in [0.25, 0.3) is 0 Å². The van der Waals surface area contributed by atoms with Crippen molar-refractivity contribution in [1.82, 2.24) is 9.80 Å². The standard InChI is InChI=1S/C23H38N2O4/c1-16-23(4,5)19-8-6-7-9-20(19)25(16)15-14-24(12-10-21-26-17(2)27-21)13-11-22-28-18(3)29-22/h6,8,16-18,21-22H,7,9-15H2,1-5H3. The van der Waals surface area contributed by atoms with E-state index in [1.165, 1.54) is 6.42 Å². The number of ether oxygens (including phenoxy) is 4. The summed E-state index contributed by atoms with van der Waals surface area (Å²) in [5, 5.41) is 0. The van der Waals surface area contributed by atoms with Gasteiger partial charge in [-0.05, 0) is 39.2 Å². The van der Waals surface area contributed by atoms with Gasteiger partial charge < -0.3 is 28.7 Å². The van der Waals surface area contributed by atoms with Gasteiger partial charge in [-0.1, -0.05) is 26.0 Å². The van der Waals surface area contributed by atoms with Gasteiger partial charge in [0, 0.05) is 56.2 Å². The molecular weight excluding hydrogens is 368 g/mol. The largest absolute Gasteiger partial charge is 0.370 e. The maximum atomic E-state index is 5.63. The lowest BCUT2D eigenvalue weighted by Gasteiger charge is -2.38. The van der Waals surface area contributed by atoms with E-state index < -0.39 is 0 Å². The van der Waals surface area contributed by atoms with Crippen LogP contribution in [0.2, 0.25) is 0 Å². The third-order valence-electron chi connectivity index (χ3n) is 7.09. The van der Waals surface area contributed by atoms with Crippen LogP contribution < -0.4 is 0 Å². The molecule has 4 rings (SSSR count). The third kappa shape index (κ3) is 4.57. The van der Waals surface area contributed by atoms with Crippen LogP contribution in [-0.4, -0.2) is 67.2 Å². The molecule has 0 aromatic heterocycles. The Labute approximate surface area is 175 Å². The quantitative estimate of drug-likeness (QED) is 0.580. The summed E-state index contributed by atoms with van der Waals surface area (Å²) < 4.78 is 22.5. The predicted molar refractivity (Wildman–Crippen MR) is 112 cm³/mol. The van der Waals surface area contributed by atoms with E-state index in [1.54, 1.807) is 11.3 Å². The van der Waals surface area contributed by atoms with Crippen molar-refractivity contribution in [3.05, 3.63) is 23.4 Å². The van der Waals surface area contributed by atoms with Crippen molar-refractivity contribution < 1.29 is 18.9 Å². The van der Waals surface area contributed by atoms with Gasteiger partial charge in [0.2, 0.25) is 0 Å². The van der Waals surface area contributed by atoms with E-state index in [2.05, 4.69) is 42.7 Å². The van der Waals surface area contributed by atoms with Crippen molar-refractivity contribution in [2.45, 2.75) is 91.5 Å². The van der Waals surface area contributed by atoms with Crippen LogP contribution in [0.15, 0.2) is 23.4 Å². The Bertz CT molecular complexity index is 613. The Hall–Kier alpha value is -0.920. The Morgan fingerprint density at radius 3 is 2.10 bits per heavy atom. The minimum absolute atomic E-state index is 0.0499. The molecule has 0 aromatic rings. The first-order valence-electron chi connectivity index (χ1n) is 11.4. The van der Waals surface area contributed by atoms with E-state index in [0.717, 1.165) is 45.4 Å². The molecule has 3 aliphatic heterocycles. The van der Waals surface area contributed by atoms with Crippen molar-refractivity contribution in [1.29, 1.82) is 0 Å². The SMILES string of the molecule is CC1OC(CCN(CCC2OC(C)O2)CCN2C3=C(C=CCC3)C(C)(C)C2C)O1. The predicted octanol–water partition coefficient (Wildman–Crippen LogP) is 3.84. The lowest BCUT2D eigenvalue weighted by Crippen LogP contribution is -2.45. The minimum atomic E-state index is -0.0518. The lowest BCUT2D eigenvalue weighted by molar-refractivity contribution is -0.379. The van der Waals surface area contributed by atoms with Gasteiger partial charge in [-0.3, -0.25) is 0 Å². The zero-order valence-electron chi connectivity index (χ0n) is 18.7. The fourth-order valence-corrected chi connectivity index (χ4v) is 5.02. The van der Waals surface area contributed by atoms with E-state index in [9.17, 15) is 0 Å². The highest BCUT2D eigenvalue weighted by molar-refractivity contribution is 5.40. The van der Waals surface area contributed by atoms with Gasteiger partial charge >= 0.3 is 0 Å². The van der Waals surface area contributed by atoms with Crippen LogP contribution >= 0.6 is 0 Å². The Balaban J connectivity index is 1.33. The monoisotopic (exact) mass is 406 g/mol. The average molecular weight is 407 g/mol. The van der Waals surface area contributed by atoms with E-state index in [-0.39, 0.29) is 30.6 Å². The molecule has 0 spiro atoms. The van der Waals surface area contributed by atoms with Gasteiger partial charge in [0.1, 0.15) is 0 Å². The molecule has 6 heteroatoms. The summed E-state index contributed by atoms with van der Waals surface area (Å²) >= 11 is 0. The van der Waals surface area contributed by atoms with Crippen molar-refractivity contribution in [2.75, 3.05) is 26.2 Å². The van der Waals surface area contributed by atoms with E-state index >= 15 is 0 Å². The fourth-order valence-electron chi connectivity index (χ4n) is 5.02. The van der Waals surface area contributed by atoms with Gasteiger partial charge in [-0.2, -0.15) is 0 Å². The molecule has 164 valence electrons. The molecule has 0 amide bonds. The van der Waals surface area contributed by atoms with Crippen LogP contribution in [0.3, 0.4) is 0 Å². The van der Waals surface area contributed by atoms with Crippen LogP contribution in [0, 0.1) is 5.41 Å². The maximum absolute atomic E-state index is 5.63. The molecule has 0 bridgehead atoms. The molecule has 0 N–H and O–H groups in total. The second kappa shape index (κ2) is 8.67. The van der Waals surface area contributed by atoms with Gasteiger partial charge in [-0.25, -0.2) is 0 Å². The van der Waals surface area contributed by atoms with Gasteiger partial charge in [0.15, 0.2) is 25.2 Å². The highest BCUT2D eigenvalue weighted by Gasteiger charge is 2.43. The van der Waals surface area contributed by atoms with Gasteiger partial charge in [0.05, 0.1) is 0 Å². The first-order chi connectivity index (χ1) is 13.8. The van der Waals surface area contributed by atoms with Crippen molar-refractivity contribution >= 4 is 0 Å². The average Bonchev–Trinajstić information content (AvgIpc) is 2.84. The van der Waals surface area contributed by atoms with Crippen molar-refractivity contribution in [3.8, 4) is 0 Å². The summed E-state index contributed by atoms with van der Waals surface area (Å²) in [6.45, 7) is 15.1. The highest BCUT2D eigenvalue weighted by atomic mass is 16.9. The first-order valence-corrected chi connectivity index (χ1v) is 11.4. The lowest BCUT2D eigenvalue weighted by atomic mass is 9.79. The zero-order chi connectivity index (χ0) is 20.6. The number of nitrogens with zero attached hydrogens (tertiary/aromatic N) is 2. The smallest absolute Gasteiger partial charge is 0.165 e. The van der Waals surface area contributed by atoms with Gasteiger partial charge in [0.25, 0.3) is 0 Å². The maximum Gasteiger partial charge on any atom is 0.165 e. The third-order valence-corrected chi connectivity index (χ3v) is 7.09. The van der Waals surface area contributed by atoms with E-state index in [0.29, 0.717) is 6.04 Å². The zero-order valence-corrected chi connectivity index (χ0v) is 18.7. The van der Waals surface area contributed by atoms with E-state index in [1.807, 2.05) is 13.8 Å². The molecule has 29 heavy (non-hydrogen) atoms. The molecule has 2 fully saturated rings. The summed E-state index contributed by atoms with van der Waals surface area (Å²) in [7, 11) is 0. The van der Waals surface area contributed by atoms with Crippen LogP contribution in [0.4, 0.5) is 0 Å². The Morgan fingerprint density at radius 1 is 0.966 bits per heavy atom. The topological polar surface area (TPSA) is 43.4 Å². The first kappa shape index (κ1) is 21.3. The molecule has 0 aromatic carbocycles. The molecule has 6 nitrogen and oxygen atoms in total. The Morgan fingerprint density at radius 2 is 1.55 bits per heavy atom. The molecule has 1 atom stereocenters. The van der Waals surface area contributed by atoms with E-state index in [4.69, 9.17) is 18.9 Å². The summed E-state index contributed by atoms with van der Waals surface area (Å²) in [6, 6.07) is 0.524. The molecule has 3 heterocycles. The molecule has 4 aliphatic rings. The van der Waals surface area contributed by atoms with Crippen molar-refractivity contribution in [3.63, 3.8) is 0 Å². The van der Waals surface area contributed by atoms with Crippen LogP contribution in [-0.2, 0) is 18.9 Å².